The summed E-state index contributed by atoms with van der Waals surface area (Å²) in [5.74, 6) is -0.378. The molecular formula is C14H14FN3O. The first-order chi connectivity index (χ1) is 9.24. The summed E-state index contributed by atoms with van der Waals surface area (Å²) in [6.07, 6.45) is 5.74. The van der Waals surface area contributed by atoms with Crippen molar-refractivity contribution in [1.29, 1.82) is 0 Å². The zero-order valence-corrected chi connectivity index (χ0v) is 10.3. The number of hydrogen-bond acceptors (Lipinski definition) is 2. The van der Waals surface area contributed by atoms with Crippen molar-refractivity contribution in [2.75, 3.05) is 0 Å². The summed E-state index contributed by atoms with van der Waals surface area (Å²) in [4.78, 5) is 12.0. The van der Waals surface area contributed by atoms with E-state index in [2.05, 4.69) is 15.5 Å². The minimum Gasteiger partial charge on any atom is -0.345 e. The van der Waals surface area contributed by atoms with E-state index in [-0.39, 0.29) is 17.8 Å². The molecule has 0 saturated heterocycles. The smallest absolute Gasteiger partial charge is 0.254 e. The molecule has 0 spiro atoms. The average Bonchev–Trinajstić information content (AvgIpc) is 2.92. The van der Waals surface area contributed by atoms with Gasteiger partial charge < -0.3 is 5.32 Å². The van der Waals surface area contributed by atoms with Crippen molar-refractivity contribution in [3.63, 3.8) is 0 Å². The average molecular weight is 259 g/mol. The maximum absolute atomic E-state index is 13.2. The standard InChI is InChI=1S/C14H14FN3O/c15-11-4-5-12-9(6-11)2-1-3-13(12)18-14(19)10-7-16-17-8-10/h4-8,13H,1-3H2,(H,16,17)(H,18,19). The van der Waals surface area contributed by atoms with Crippen molar-refractivity contribution in [2.45, 2.75) is 25.3 Å². The minimum atomic E-state index is -0.222. The first-order valence-electron chi connectivity index (χ1n) is 6.32. The van der Waals surface area contributed by atoms with Gasteiger partial charge in [-0.2, -0.15) is 5.10 Å². The molecule has 0 fully saturated rings. The SMILES string of the molecule is O=C(NC1CCCc2cc(F)ccc21)c1cn[nH]c1. The van der Waals surface area contributed by atoms with Crippen LogP contribution in [-0.2, 0) is 6.42 Å². The van der Waals surface area contributed by atoms with Crippen LogP contribution in [0.2, 0.25) is 0 Å². The summed E-state index contributed by atoms with van der Waals surface area (Å²) in [5.41, 5.74) is 2.52. The Morgan fingerprint density at radius 2 is 2.37 bits per heavy atom. The normalized spacial score (nSPS) is 17.8. The van der Waals surface area contributed by atoms with Gasteiger partial charge in [0.15, 0.2) is 0 Å². The fraction of sp³-hybridized carbons (Fsp3) is 0.286. The molecule has 19 heavy (non-hydrogen) atoms. The third-order valence-electron chi connectivity index (χ3n) is 3.49. The predicted molar refractivity (Wildman–Crippen MR) is 68.1 cm³/mol. The molecule has 1 unspecified atom stereocenters. The molecule has 1 atom stereocenters. The van der Waals surface area contributed by atoms with Crippen LogP contribution in [0.3, 0.4) is 0 Å². The number of aryl methyl sites for hydroxylation is 1. The molecule has 1 aromatic heterocycles. The number of H-pyrrole nitrogens is 1. The van der Waals surface area contributed by atoms with Crippen molar-refractivity contribution in [1.82, 2.24) is 15.5 Å². The lowest BCUT2D eigenvalue weighted by molar-refractivity contribution is 0.0933. The number of hydrogen-bond donors (Lipinski definition) is 2. The Morgan fingerprint density at radius 3 is 3.16 bits per heavy atom. The third-order valence-corrected chi connectivity index (χ3v) is 3.49. The summed E-state index contributed by atoms with van der Waals surface area (Å²) in [6, 6.07) is 4.73. The summed E-state index contributed by atoms with van der Waals surface area (Å²) in [5, 5.41) is 9.35. The second-order valence-corrected chi connectivity index (χ2v) is 4.75. The lowest BCUT2D eigenvalue weighted by Crippen LogP contribution is -2.30. The number of carbonyl (C=O) groups excluding carboxylic acids is 1. The number of halogens is 1. The number of nitrogens with zero attached hydrogens (tertiary/aromatic N) is 1. The van der Waals surface area contributed by atoms with Gasteiger partial charge in [-0.3, -0.25) is 9.89 Å². The van der Waals surface area contributed by atoms with Crippen molar-refractivity contribution >= 4 is 5.91 Å². The predicted octanol–water partition coefficient (Wildman–Crippen LogP) is 2.36. The molecule has 0 bridgehead atoms. The monoisotopic (exact) mass is 259 g/mol. The van der Waals surface area contributed by atoms with Gasteiger partial charge in [0.1, 0.15) is 5.82 Å². The molecule has 1 aliphatic rings. The first-order valence-corrected chi connectivity index (χ1v) is 6.32. The number of aromatic nitrogens is 2. The Bertz CT molecular complexity index is 595. The van der Waals surface area contributed by atoms with E-state index in [9.17, 15) is 9.18 Å². The Morgan fingerprint density at radius 1 is 1.47 bits per heavy atom. The van der Waals surface area contributed by atoms with Crippen LogP contribution in [0.4, 0.5) is 4.39 Å². The maximum atomic E-state index is 13.2. The fourth-order valence-electron chi connectivity index (χ4n) is 2.55. The molecule has 4 nitrogen and oxygen atoms in total. The number of nitrogens with one attached hydrogen (secondary N) is 2. The van der Waals surface area contributed by atoms with Gasteiger partial charge in [0.2, 0.25) is 0 Å². The molecule has 5 heteroatoms. The minimum absolute atomic E-state index is 0.0493. The number of benzene rings is 1. The third kappa shape index (κ3) is 2.36. The lowest BCUT2D eigenvalue weighted by atomic mass is 9.87. The highest BCUT2D eigenvalue weighted by atomic mass is 19.1. The summed E-state index contributed by atoms with van der Waals surface area (Å²) >= 11 is 0. The van der Waals surface area contributed by atoms with E-state index in [4.69, 9.17) is 0 Å². The number of rotatable bonds is 2. The molecule has 2 aromatic rings. The van der Waals surface area contributed by atoms with Crippen molar-refractivity contribution in [2.24, 2.45) is 0 Å². The van der Waals surface area contributed by atoms with Crippen molar-refractivity contribution < 1.29 is 9.18 Å². The van der Waals surface area contributed by atoms with Crippen LogP contribution in [0, 0.1) is 5.82 Å². The van der Waals surface area contributed by atoms with Gasteiger partial charge in [0.05, 0.1) is 17.8 Å². The summed E-state index contributed by atoms with van der Waals surface area (Å²) in [7, 11) is 0. The van der Waals surface area contributed by atoms with Crippen LogP contribution in [0.1, 0.15) is 40.4 Å². The van der Waals surface area contributed by atoms with E-state index >= 15 is 0 Å². The van der Waals surface area contributed by atoms with Crippen LogP contribution in [-0.4, -0.2) is 16.1 Å². The van der Waals surface area contributed by atoms with Gasteiger partial charge in [0.25, 0.3) is 5.91 Å². The Labute approximate surface area is 110 Å². The molecule has 1 aliphatic carbocycles. The molecule has 1 heterocycles. The van der Waals surface area contributed by atoms with Gasteiger partial charge >= 0.3 is 0 Å². The second kappa shape index (κ2) is 4.84. The molecule has 2 N–H and O–H groups in total. The molecule has 1 aromatic carbocycles. The summed E-state index contributed by atoms with van der Waals surface area (Å²) in [6.45, 7) is 0. The number of amides is 1. The Kier molecular flexibility index (Phi) is 3.03. The Hall–Kier alpha value is -2.17. The van der Waals surface area contributed by atoms with Gasteiger partial charge in [-0.1, -0.05) is 6.07 Å². The van der Waals surface area contributed by atoms with Crippen molar-refractivity contribution in [3.05, 3.63) is 53.1 Å². The first kappa shape index (κ1) is 11.9. The summed E-state index contributed by atoms with van der Waals surface area (Å²) < 4.78 is 13.2. The van der Waals surface area contributed by atoms with Crippen LogP contribution in [0.25, 0.3) is 0 Å². The maximum Gasteiger partial charge on any atom is 0.254 e. The molecule has 0 radical (unpaired) electrons. The molecule has 1 amide bonds. The van der Waals surface area contributed by atoms with Crippen LogP contribution in [0.5, 0.6) is 0 Å². The van der Waals surface area contributed by atoms with E-state index in [0.29, 0.717) is 5.56 Å². The van der Waals surface area contributed by atoms with Crippen molar-refractivity contribution in [3.8, 4) is 0 Å². The fourth-order valence-corrected chi connectivity index (χ4v) is 2.55. The van der Waals surface area contributed by atoms with E-state index in [1.54, 1.807) is 18.3 Å². The zero-order chi connectivity index (χ0) is 13.2. The van der Waals surface area contributed by atoms with Crippen LogP contribution >= 0.6 is 0 Å². The van der Waals surface area contributed by atoms with E-state index in [1.165, 1.54) is 12.3 Å². The van der Waals surface area contributed by atoms with Gasteiger partial charge in [-0.25, -0.2) is 4.39 Å². The molecule has 0 aliphatic heterocycles. The van der Waals surface area contributed by atoms with Crippen LogP contribution < -0.4 is 5.32 Å². The van der Waals surface area contributed by atoms with Crippen LogP contribution in [0.15, 0.2) is 30.6 Å². The molecule has 0 saturated carbocycles. The van der Waals surface area contributed by atoms with Gasteiger partial charge in [-0.05, 0) is 42.5 Å². The number of carbonyl (C=O) groups is 1. The number of aromatic amines is 1. The van der Waals surface area contributed by atoms with E-state index in [0.717, 1.165) is 30.4 Å². The zero-order valence-electron chi connectivity index (χ0n) is 10.3. The molecule has 3 rings (SSSR count). The Balaban J connectivity index is 1.82. The molecular weight excluding hydrogens is 245 g/mol. The van der Waals surface area contributed by atoms with Gasteiger partial charge in [0, 0.05) is 6.20 Å². The lowest BCUT2D eigenvalue weighted by Gasteiger charge is -2.26. The highest BCUT2D eigenvalue weighted by Crippen LogP contribution is 2.30. The largest absolute Gasteiger partial charge is 0.345 e. The highest BCUT2D eigenvalue weighted by molar-refractivity contribution is 5.93. The van der Waals surface area contributed by atoms with E-state index < -0.39 is 0 Å². The highest BCUT2D eigenvalue weighted by Gasteiger charge is 2.22. The van der Waals surface area contributed by atoms with E-state index in [1.807, 2.05) is 0 Å². The quantitative estimate of drug-likeness (QED) is 0.869. The topological polar surface area (TPSA) is 57.8 Å². The number of fused-ring (bicyclic) bond motifs is 1. The molecule has 98 valence electrons. The van der Waals surface area contributed by atoms with Gasteiger partial charge in [-0.15, -0.1) is 0 Å². The second-order valence-electron chi connectivity index (χ2n) is 4.75.